The lowest BCUT2D eigenvalue weighted by molar-refractivity contribution is -0.165. The Kier molecular flexibility index (Phi) is 2.58. The summed E-state index contributed by atoms with van der Waals surface area (Å²) in [6.07, 6.45) is 3.49. The van der Waals surface area contributed by atoms with Crippen LogP contribution in [0, 0.1) is 17.8 Å². The van der Waals surface area contributed by atoms with Crippen LogP contribution in [0.15, 0.2) is 0 Å². The van der Waals surface area contributed by atoms with Gasteiger partial charge in [-0.2, -0.15) is 0 Å². The second-order valence-corrected chi connectivity index (χ2v) is 5.75. The lowest BCUT2D eigenvalue weighted by atomic mass is 9.53. The van der Waals surface area contributed by atoms with E-state index >= 15 is 0 Å². The molecule has 0 radical (unpaired) electrons. The summed E-state index contributed by atoms with van der Waals surface area (Å²) in [5.41, 5.74) is -0.451. The molecule has 0 aromatic rings. The molecular formula is C12H15ClO4. The molecule has 0 aromatic carbocycles. The van der Waals surface area contributed by atoms with E-state index in [2.05, 4.69) is 4.74 Å². The van der Waals surface area contributed by atoms with Crippen LogP contribution in [-0.4, -0.2) is 23.6 Å². The first-order valence-electron chi connectivity index (χ1n) is 6.07. The van der Waals surface area contributed by atoms with E-state index in [4.69, 9.17) is 16.3 Å². The summed E-state index contributed by atoms with van der Waals surface area (Å²) < 4.78 is 10.1. The molecule has 0 aromatic heterocycles. The highest BCUT2D eigenvalue weighted by Gasteiger charge is 2.57. The second-order valence-electron chi connectivity index (χ2n) is 5.53. The molecule has 17 heavy (non-hydrogen) atoms. The van der Waals surface area contributed by atoms with E-state index in [1.807, 2.05) is 0 Å². The molecule has 4 rings (SSSR count). The molecule has 94 valence electrons. The third kappa shape index (κ3) is 1.82. The Morgan fingerprint density at radius 2 is 1.94 bits per heavy atom. The van der Waals surface area contributed by atoms with Crippen LogP contribution in [0.5, 0.6) is 0 Å². The van der Waals surface area contributed by atoms with Gasteiger partial charge in [0.1, 0.15) is 11.4 Å². The Morgan fingerprint density at radius 1 is 1.29 bits per heavy atom. The second kappa shape index (κ2) is 3.87. The highest BCUT2D eigenvalue weighted by atomic mass is 35.5. The van der Waals surface area contributed by atoms with Gasteiger partial charge in [0, 0.05) is 11.8 Å². The number of alkyl halides is 1. The lowest BCUT2D eigenvalue weighted by Crippen LogP contribution is -2.56. The van der Waals surface area contributed by atoms with Gasteiger partial charge in [-0.15, -0.1) is 0 Å². The van der Waals surface area contributed by atoms with Gasteiger partial charge in [-0.25, -0.2) is 4.79 Å². The van der Waals surface area contributed by atoms with Crippen molar-refractivity contribution < 1.29 is 19.1 Å². The van der Waals surface area contributed by atoms with Crippen molar-refractivity contribution in [1.82, 2.24) is 0 Å². The molecule has 0 amide bonds. The topological polar surface area (TPSA) is 52.6 Å². The molecule has 0 heterocycles. The largest absolute Gasteiger partial charge is 0.510 e. The van der Waals surface area contributed by atoms with Gasteiger partial charge < -0.3 is 9.47 Å². The van der Waals surface area contributed by atoms with E-state index < -0.39 is 11.8 Å². The summed E-state index contributed by atoms with van der Waals surface area (Å²) in [5.74, 6) is 1.12. The standard InChI is InChI=1S/C12H15ClO4/c13-6-16-11(15)17-12-3-7-1-8(4-12)10(14)9(2-7)5-12/h7-9H,1-6H2. The minimum atomic E-state index is -0.700. The highest BCUT2D eigenvalue weighted by molar-refractivity contribution is 6.17. The first kappa shape index (κ1) is 11.3. The van der Waals surface area contributed by atoms with Gasteiger partial charge in [0.05, 0.1) is 0 Å². The SMILES string of the molecule is O=C(OCCl)OC12CC3CC(C1)C(=O)C(C3)C2. The van der Waals surface area contributed by atoms with Crippen LogP contribution in [0.1, 0.15) is 32.1 Å². The van der Waals surface area contributed by atoms with Crippen molar-refractivity contribution in [1.29, 1.82) is 0 Å². The van der Waals surface area contributed by atoms with Crippen molar-refractivity contribution in [2.75, 3.05) is 6.07 Å². The van der Waals surface area contributed by atoms with Crippen LogP contribution in [0.3, 0.4) is 0 Å². The number of carbonyl (C=O) groups is 2. The van der Waals surface area contributed by atoms with Gasteiger partial charge in [-0.3, -0.25) is 4.79 Å². The normalized spacial score (nSPS) is 42.6. The zero-order chi connectivity index (χ0) is 12.0. The van der Waals surface area contributed by atoms with E-state index in [0.717, 1.165) is 19.3 Å². The van der Waals surface area contributed by atoms with Crippen LogP contribution >= 0.6 is 11.6 Å². The fraction of sp³-hybridized carbons (Fsp3) is 0.833. The number of ketones is 1. The molecular weight excluding hydrogens is 244 g/mol. The van der Waals surface area contributed by atoms with Crippen molar-refractivity contribution in [3.63, 3.8) is 0 Å². The Balaban J connectivity index is 1.76. The summed E-state index contributed by atoms with van der Waals surface area (Å²) in [6, 6.07) is -0.190. The predicted octanol–water partition coefficient (Wildman–Crippen LogP) is 2.48. The molecule has 0 N–H and O–H groups in total. The molecule has 0 saturated heterocycles. The molecule has 4 nitrogen and oxygen atoms in total. The number of hydrogen-bond acceptors (Lipinski definition) is 4. The molecule has 4 aliphatic rings. The summed E-state index contributed by atoms with van der Waals surface area (Å²) >= 11 is 5.33. The van der Waals surface area contributed by atoms with Crippen LogP contribution in [0.2, 0.25) is 0 Å². The van der Waals surface area contributed by atoms with Crippen molar-refractivity contribution >= 4 is 23.5 Å². The van der Waals surface area contributed by atoms with Gasteiger partial charge in [0.25, 0.3) is 0 Å². The Morgan fingerprint density at radius 3 is 2.53 bits per heavy atom. The fourth-order valence-electron chi connectivity index (χ4n) is 4.05. The Hall–Kier alpha value is -0.770. The number of hydrogen-bond donors (Lipinski definition) is 0. The van der Waals surface area contributed by atoms with Gasteiger partial charge in [0.2, 0.25) is 0 Å². The van der Waals surface area contributed by atoms with Crippen LogP contribution < -0.4 is 0 Å². The van der Waals surface area contributed by atoms with E-state index in [-0.39, 0.29) is 17.9 Å². The number of ether oxygens (including phenoxy) is 2. The van der Waals surface area contributed by atoms with Crippen LogP contribution in [-0.2, 0) is 14.3 Å². The number of rotatable bonds is 2. The first-order chi connectivity index (χ1) is 8.12. The average molecular weight is 259 g/mol. The van der Waals surface area contributed by atoms with Gasteiger partial charge >= 0.3 is 6.16 Å². The third-order valence-electron chi connectivity index (χ3n) is 4.41. The smallest absolute Gasteiger partial charge is 0.428 e. The zero-order valence-electron chi connectivity index (χ0n) is 9.49. The summed E-state index contributed by atoms with van der Waals surface area (Å²) in [7, 11) is 0. The Bertz CT molecular complexity index is 350. The zero-order valence-corrected chi connectivity index (χ0v) is 10.2. The minimum Gasteiger partial charge on any atom is -0.428 e. The van der Waals surface area contributed by atoms with Crippen molar-refractivity contribution in [3.8, 4) is 0 Å². The highest BCUT2D eigenvalue weighted by Crippen LogP contribution is 2.55. The van der Waals surface area contributed by atoms with Crippen molar-refractivity contribution in [2.45, 2.75) is 37.7 Å². The molecule has 5 heteroatoms. The summed E-state index contributed by atoms with van der Waals surface area (Å²) in [6.45, 7) is 0. The molecule has 2 unspecified atom stereocenters. The monoisotopic (exact) mass is 258 g/mol. The maximum atomic E-state index is 11.9. The maximum absolute atomic E-state index is 11.9. The van der Waals surface area contributed by atoms with E-state index in [0.29, 0.717) is 24.5 Å². The molecule has 2 atom stereocenters. The van der Waals surface area contributed by atoms with E-state index in [1.54, 1.807) is 0 Å². The minimum absolute atomic E-state index is 0.102. The average Bonchev–Trinajstić information content (AvgIpc) is 2.24. The molecule has 4 saturated carbocycles. The third-order valence-corrected chi connectivity index (χ3v) is 4.52. The number of carbonyl (C=O) groups excluding carboxylic acids is 2. The first-order valence-corrected chi connectivity index (χ1v) is 6.61. The van der Waals surface area contributed by atoms with Gasteiger partial charge in [-0.05, 0) is 38.0 Å². The Labute approximate surface area is 105 Å². The van der Waals surface area contributed by atoms with Crippen molar-refractivity contribution in [3.05, 3.63) is 0 Å². The van der Waals surface area contributed by atoms with E-state index in [1.165, 1.54) is 0 Å². The van der Waals surface area contributed by atoms with E-state index in [9.17, 15) is 9.59 Å². The van der Waals surface area contributed by atoms with Gasteiger partial charge in [0.15, 0.2) is 6.07 Å². The maximum Gasteiger partial charge on any atom is 0.510 e. The van der Waals surface area contributed by atoms with Gasteiger partial charge in [-0.1, -0.05) is 11.6 Å². The van der Waals surface area contributed by atoms with Crippen molar-refractivity contribution in [2.24, 2.45) is 17.8 Å². The molecule has 4 fully saturated rings. The molecule has 4 aliphatic carbocycles. The molecule has 0 aliphatic heterocycles. The van der Waals surface area contributed by atoms with Crippen LogP contribution in [0.25, 0.3) is 0 Å². The number of halogens is 1. The molecule has 0 spiro atoms. The lowest BCUT2D eigenvalue weighted by Gasteiger charge is -2.54. The quantitative estimate of drug-likeness (QED) is 0.564. The summed E-state index contributed by atoms with van der Waals surface area (Å²) in [5, 5.41) is 0. The summed E-state index contributed by atoms with van der Waals surface area (Å²) in [4.78, 5) is 23.3. The van der Waals surface area contributed by atoms with Crippen LogP contribution in [0.4, 0.5) is 4.79 Å². The predicted molar refractivity (Wildman–Crippen MR) is 59.6 cm³/mol. The number of Topliss-reactive ketones (excluding diaryl/α,β-unsaturated/α-hetero) is 1. The molecule has 4 bridgehead atoms. The fourth-order valence-corrected chi connectivity index (χ4v) is 4.14.